The minimum atomic E-state index is 0.634. The van der Waals surface area contributed by atoms with Crippen LogP contribution < -0.4 is 5.73 Å². The van der Waals surface area contributed by atoms with E-state index in [-0.39, 0.29) is 0 Å². The highest BCUT2D eigenvalue weighted by Crippen LogP contribution is 2.34. The van der Waals surface area contributed by atoms with Gasteiger partial charge in [0.1, 0.15) is 5.82 Å². The second-order valence-corrected chi connectivity index (χ2v) is 4.48. The summed E-state index contributed by atoms with van der Waals surface area (Å²) in [5.74, 6) is 2.26. The maximum atomic E-state index is 5.69. The third kappa shape index (κ3) is 2.53. The largest absolute Gasteiger partial charge is 0.330 e. The Morgan fingerprint density at radius 2 is 2.07 bits per heavy atom. The average Bonchev–Trinajstić information content (AvgIpc) is 2.29. The Morgan fingerprint density at radius 3 is 2.67 bits per heavy atom. The number of nitrogens with zero attached hydrogens (tertiary/aromatic N) is 2. The van der Waals surface area contributed by atoms with Gasteiger partial charge < -0.3 is 5.73 Å². The van der Waals surface area contributed by atoms with Gasteiger partial charge >= 0.3 is 0 Å². The molecule has 0 atom stereocenters. The maximum absolute atomic E-state index is 5.69. The molecule has 1 aromatic rings. The SMILES string of the molecule is Cc1nccc(C2CCC(CN)CC2)n1. The van der Waals surface area contributed by atoms with E-state index in [1.165, 1.54) is 31.4 Å². The molecule has 0 unspecified atom stereocenters. The molecule has 0 aromatic carbocycles. The number of hydrogen-bond acceptors (Lipinski definition) is 3. The first-order valence-corrected chi connectivity index (χ1v) is 5.79. The third-order valence-electron chi connectivity index (χ3n) is 3.40. The van der Waals surface area contributed by atoms with Crippen LogP contribution in [0.1, 0.15) is 43.1 Å². The number of nitrogens with two attached hydrogens (primary N) is 1. The van der Waals surface area contributed by atoms with Crippen molar-refractivity contribution in [1.29, 1.82) is 0 Å². The van der Waals surface area contributed by atoms with Gasteiger partial charge in [-0.2, -0.15) is 0 Å². The molecule has 0 amide bonds. The first-order valence-electron chi connectivity index (χ1n) is 5.79. The van der Waals surface area contributed by atoms with Gasteiger partial charge in [-0.3, -0.25) is 0 Å². The topological polar surface area (TPSA) is 51.8 Å². The molecule has 3 heteroatoms. The molecule has 1 aliphatic rings. The Kier molecular flexibility index (Phi) is 3.31. The van der Waals surface area contributed by atoms with Crippen molar-refractivity contribution < 1.29 is 0 Å². The fourth-order valence-electron chi connectivity index (χ4n) is 2.40. The highest BCUT2D eigenvalue weighted by atomic mass is 14.9. The standard InChI is InChI=1S/C12H19N3/c1-9-14-7-6-12(15-9)11-4-2-10(8-13)3-5-11/h6-7,10-11H,2-5,8,13H2,1H3. The first-order chi connectivity index (χ1) is 7.29. The van der Waals surface area contributed by atoms with Crippen molar-refractivity contribution in [3.8, 4) is 0 Å². The molecule has 82 valence electrons. The second kappa shape index (κ2) is 4.71. The van der Waals surface area contributed by atoms with E-state index in [4.69, 9.17) is 5.73 Å². The molecule has 1 aromatic heterocycles. The van der Waals surface area contributed by atoms with Crippen molar-refractivity contribution >= 4 is 0 Å². The van der Waals surface area contributed by atoms with Crippen LogP contribution in [0.15, 0.2) is 12.3 Å². The van der Waals surface area contributed by atoms with Crippen molar-refractivity contribution in [2.24, 2.45) is 11.7 Å². The summed E-state index contributed by atoms with van der Waals surface area (Å²) in [6.45, 7) is 2.80. The molecule has 1 fully saturated rings. The maximum Gasteiger partial charge on any atom is 0.125 e. The van der Waals surface area contributed by atoms with E-state index in [1.807, 2.05) is 13.1 Å². The molecular weight excluding hydrogens is 186 g/mol. The summed E-state index contributed by atoms with van der Waals surface area (Å²) in [6, 6.07) is 2.06. The molecule has 3 nitrogen and oxygen atoms in total. The molecule has 0 aliphatic heterocycles. The van der Waals surface area contributed by atoms with Crippen LogP contribution in [0.3, 0.4) is 0 Å². The molecule has 15 heavy (non-hydrogen) atoms. The van der Waals surface area contributed by atoms with E-state index < -0.39 is 0 Å². The van der Waals surface area contributed by atoms with E-state index in [2.05, 4.69) is 16.0 Å². The molecule has 1 saturated carbocycles. The van der Waals surface area contributed by atoms with Crippen molar-refractivity contribution in [1.82, 2.24) is 9.97 Å². The fourth-order valence-corrected chi connectivity index (χ4v) is 2.40. The molecule has 2 rings (SSSR count). The number of hydrogen-bond donors (Lipinski definition) is 1. The molecule has 1 aliphatic carbocycles. The summed E-state index contributed by atoms with van der Waals surface area (Å²) in [7, 11) is 0. The lowest BCUT2D eigenvalue weighted by atomic mass is 9.80. The van der Waals surface area contributed by atoms with E-state index in [9.17, 15) is 0 Å². The summed E-state index contributed by atoms with van der Waals surface area (Å²) in [6.07, 6.45) is 6.85. The molecule has 1 heterocycles. The Morgan fingerprint density at radius 1 is 1.33 bits per heavy atom. The van der Waals surface area contributed by atoms with Gasteiger partial charge in [0.25, 0.3) is 0 Å². The Balaban J connectivity index is 2.01. The summed E-state index contributed by atoms with van der Waals surface area (Å²) < 4.78 is 0. The van der Waals surface area contributed by atoms with Crippen LogP contribution in [0.2, 0.25) is 0 Å². The molecule has 2 N–H and O–H groups in total. The highest BCUT2D eigenvalue weighted by Gasteiger charge is 2.22. The summed E-state index contributed by atoms with van der Waals surface area (Å²) in [5, 5.41) is 0. The van der Waals surface area contributed by atoms with Gasteiger partial charge in [0, 0.05) is 17.8 Å². The highest BCUT2D eigenvalue weighted by molar-refractivity contribution is 5.09. The number of aromatic nitrogens is 2. The Bertz CT molecular complexity index is 316. The zero-order valence-corrected chi connectivity index (χ0v) is 9.32. The molecule has 0 radical (unpaired) electrons. The normalized spacial score (nSPS) is 26.5. The predicted octanol–water partition coefficient (Wildman–Crippen LogP) is 2.02. The van der Waals surface area contributed by atoms with Gasteiger partial charge in [-0.05, 0) is 51.1 Å². The molecule has 0 saturated heterocycles. The lowest BCUT2D eigenvalue weighted by Crippen LogP contribution is -2.21. The van der Waals surface area contributed by atoms with Crippen molar-refractivity contribution in [3.63, 3.8) is 0 Å². The monoisotopic (exact) mass is 205 g/mol. The summed E-state index contributed by atoms with van der Waals surface area (Å²) in [5.41, 5.74) is 6.91. The third-order valence-corrected chi connectivity index (χ3v) is 3.40. The van der Waals surface area contributed by atoms with Gasteiger partial charge in [0.15, 0.2) is 0 Å². The van der Waals surface area contributed by atoms with E-state index >= 15 is 0 Å². The zero-order chi connectivity index (χ0) is 10.7. The van der Waals surface area contributed by atoms with Crippen LogP contribution in [0.25, 0.3) is 0 Å². The van der Waals surface area contributed by atoms with Crippen LogP contribution in [-0.4, -0.2) is 16.5 Å². The lowest BCUT2D eigenvalue weighted by molar-refractivity contribution is 0.329. The van der Waals surface area contributed by atoms with Gasteiger partial charge in [-0.25, -0.2) is 9.97 Å². The van der Waals surface area contributed by atoms with Gasteiger partial charge in [-0.1, -0.05) is 0 Å². The Hall–Kier alpha value is -0.960. The first kappa shape index (κ1) is 10.6. The quantitative estimate of drug-likeness (QED) is 0.803. The average molecular weight is 205 g/mol. The van der Waals surface area contributed by atoms with E-state index in [0.29, 0.717) is 5.92 Å². The molecule has 0 spiro atoms. The van der Waals surface area contributed by atoms with E-state index in [1.54, 1.807) is 0 Å². The van der Waals surface area contributed by atoms with Gasteiger partial charge in [0.05, 0.1) is 0 Å². The fraction of sp³-hybridized carbons (Fsp3) is 0.667. The van der Waals surface area contributed by atoms with Crippen LogP contribution in [0.5, 0.6) is 0 Å². The zero-order valence-electron chi connectivity index (χ0n) is 9.32. The number of aryl methyl sites for hydroxylation is 1. The summed E-state index contributed by atoms with van der Waals surface area (Å²) in [4.78, 5) is 8.64. The van der Waals surface area contributed by atoms with Gasteiger partial charge in [0.2, 0.25) is 0 Å². The van der Waals surface area contributed by atoms with Crippen LogP contribution in [0, 0.1) is 12.8 Å². The smallest absolute Gasteiger partial charge is 0.125 e. The van der Waals surface area contributed by atoms with Gasteiger partial charge in [-0.15, -0.1) is 0 Å². The molecular formula is C12H19N3. The second-order valence-electron chi connectivity index (χ2n) is 4.48. The molecule has 0 bridgehead atoms. The Labute approximate surface area is 91.1 Å². The van der Waals surface area contributed by atoms with Crippen molar-refractivity contribution in [2.75, 3.05) is 6.54 Å². The van der Waals surface area contributed by atoms with Crippen LogP contribution >= 0.6 is 0 Å². The van der Waals surface area contributed by atoms with Crippen molar-refractivity contribution in [3.05, 3.63) is 23.8 Å². The lowest BCUT2D eigenvalue weighted by Gasteiger charge is -2.27. The summed E-state index contributed by atoms with van der Waals surface area (Å²) >= 11 is 0. The predicted molar refractivity (Wildman–Crippen MR) is 60.5 cm³/mol. The van der Waals surface area contributed by atoms with Crippen LogP contribution in [0.4, 0.5) is 0 Å². The van der Waals surface area contributed by atoms with Crippen LogP contribution in [-0.2, 0) is 0 Å². The number of rotatable bonds is 2. The van der Waals surface area contributed by atoms with Crippen molar-refractivity contribution in [2.45, 2.75) is 38.5 Å². The van der Waals surface area contributed by atoms with E-state index in [0.717, 1.165) is 18.3 Å². The minimum Gasteiger partial charge on any atom is -0.330 e. The minimum absolute atomic E-state index is 0.634.